The van der Waals surface area contributed by atoms with Crippen molar-refractivity contribution in [2.24, 2.45) is 0 Å². The summed E-state index contributed by atoms with van der Waals surface area (Å²) < 4.78 is 11.3. The van der Waals surface area contributed by atoms with E-state index in [1.54, 1.807) is 23.1 Å². The molecule has 0 saturated carbocycles. The first-order chi connectivity index (χ1) is 11.0. The average Bonchev–Trinajstić information content (AvgIpc) is 2.93. The number of benzene rings is 1. The fourth-order valence-electron chi connectivity index (χ4n) is 3.42. The van der Waals surface area contributed by atoms with E-state index in [0.717, 1.165) is 6.42 Å². The minimum atomic E-state index is -0.782. The summed E-state index contributed by atoms with van der Waals surface area (Å²) in [7, 11) is 0. The monoisotopic (exact) mass is 314 g/mol. The number of hydrogen-bond donors (Lipinski definition) is 0. The molecular formula is C17H18N2O4. The van der Waals surface area contributed by atoms with Crippen LogP contribution in [0.2, 0.25) is 0 Å². The van der Waals surface area contributed by atoms with Gasteiger partial charge in [-0.15, -0.1) is 0 Å². The molecule has 0 radical (unpaired) electrons. The quantitative estimate of drug-likeness (QED) is 0.797. The van der Waals surface area contributed by atoms with Crippen LogP contribution in [0.3, 0.4) is 0 Å². The molecule has 0 spiro atoms. The van der Waals surface area contributed by atoms with Gasteiger partial charge in [-0.2, -0.15) is 5.26 Å². The van der Waals surface area contributed by atoms with Crippen molar-refractivity contribution in [1.29, 1.82) is 5.26 Å². The highest BCUT2D eigenvalue weighted by Crippen LogP contribution is 2.45. The molecule has 1 aromatic rings. The lowest BCUT2D eigenvalue weighted by Gasteiger charge is -2.46. The Morgan fingerprint density at radius 2 is 2.26 bits per heavy atom. The third-order valence-corrected chi connectivity index (χ3v) is 4.45. The molecule has 0 aromatic heterocycles. The predicted octanol–water partition coefficient (Wildman–Crippen LogP) is 1.93. The van der Waals surface area contributed by atoms with E-state index in [0.29, 0.717) is 36.3 Å². The molecule has 1 aromatic carbocycles. The zero-order valence-corrected chi connectivity index (χ0v) is 13.1. The molecular weight excluding hydrogens is 296 g/mol. The van der Waals surface area contributed by atoms with Crippen molar-refractivity contribution < 1.29 is 19.1 Å². The minimum absolute atomic E-state index is 0.0282. The van der Waals surface area contributed by atoms with Crippen LogP contribution in [0.1, 0.15) is 43.9 Å². The van der Waals surface area contributed by atoms with Crippen molar-refractivity contribution >= 4 is 12.4 Å². The lowest BCUT2D eigenvalue weighted by Crippen LogP contribution is -2.55. The zero-order valence-electron chi connectivity index (χ0n) is 13.1. The Hall–Kier alpha value is -2.55. The number of likely N-dealkylation sites (tertiary alicyclic amines) is 1. The van der Waals surface area contributed by atoms with E-state index in [9.17, 15) is 9.59 Å². The Balaban J connectivity index is 2.15. The molecule has 2 heterocycles. The predicted molar refractivity (Wildman–Crippen MR) is 80.5 cm³/mol. The van der Waals surface area contributed by atoms with Crippen LogP contribution in [0.25, 0.3) is 0 Å². The van der Waals surface area contributed by atoms with Gasteiger partial charge in [-0.25, -0.2) is 0 Å². The summed E-state index contributed by atoms with van der Waals surface area (Å²) in [5.41, 5.74) is 0.411. The first kappa shape index (κ1) is 15.3. The van der Waals surface area contributed by atoms with Gasteiger partial charge in [-0.1, -0.05) is 0 Å². The largest absolute Gasteiger partial charge is 0.484 e. The van der Waals surface area contributed by atoms with Gasteiger partial charge < -0.3 is 14.4 Å². The molecule has 0 aliphatic carbocycles. The first-order valence-corrected chi connectivity index (χ1v) is 7.59. The van der Waals surface area contributed by atoms with Crippen LogP contribution < -0.4 is 4.74 Å². The lowest BCUT2D eigenvalue weighted by atomic mass is 9.85. The SMILES string of the molecule is CC1(C)Oc2ccc(C#N)cc2C(N2CCCC2=O)[C@@H]1OC=O. The number of fused-ring (bicyclic) bond motifs is 1. The average molecular weight is 314 g/mol. The van der Waals surface area contributed by atoms with E-state index >= 15 is 0 Å². The molecule has 0 N–H and O–H groups in total. The van der Waals surface area contributed by atoms with Crippen LogP contribution in [0.4, 0.5) is 0 Å². The fraction of sp³-hybridized carbons (Fsp3) is 0.471. The second-order valence-corrected chi connectivity index (χ2v) is 6.36. The van der Waals surface area contributed by atoms with Crippen molar-refractivity contribution in [3.63, 3.8) is 0 Å². The lowest BCUT2D eigenvalue weighted by molar-refractivity contribution is -0.161. The topological polar surface area (TPSA) is 79.6 Å². The molecule has 0 bridgehead atoms. The second kappa shape index (κ2) is 5.58. The van der Waals surface area contributed by atoms with Gasteiger partial charge in [-0.05, 0) is 38.5 Å². The highest BCUT2D eigenvalue weighted by Gasteiger charge is 2.49. The van der Waals surface area contributed by atoms with Gasteiger partial charge in [0.15, 0.2) is 6.10 Å². The van der Waals surface area contributed by atoms with E-state index in [4.69, 9.17) is 14.7 Å². The number of nitrogens with zero attached hydrogens (tertiary/aromatic N) is 2. The number of carbonyl (C=O) groups excluding carboxylic acids is 2. The normalized spacial score (nSPS) is 25.3. The standard InChI is InChI=1S/C17H18N2O4/c1-17(2)16(22-10-20)15(19-7-3-4-14(19)21)12-8-11(9-18)5-6-13(12)23-17/h5-6,8,10,15-16H,3-4,7H2,1-2H3/t15?,16-/m0/s1. The van der Waals surface area contributed by atoms with Crippen molar-refractivity contribution in [2.75, 3.05) is 6.54 Å². The Morgan fingerprint density at radius 1 is 1.48 bits per heavy atom. The van der Waals surface area contributed by atoms with Gasteiger partial charge in [-0.3, -0.25) is 9.59 Å². The molecule has 23 heavy (non-hydrogen) atoms. The van der Waals surface area contributed by atoms with Crippen LogP contribution in [0.5, 0.6) is 5.75 Å². The van der Waals surface area contributed by atoms with Crippen molar-refractivity contribution in [2.45, 2.75) is 44.4 Å². The summed E-state index contributed by atoms with van der Waals surface area (Å²) in [5, 5.41) is 9.16. The van der Waals surface area contributed by atoms with E-state index in [1.807, 2.05) is 13.8 Å². The summed E-state index contributed by atoms with van der Waals surface area (Å²) >= 11 is 0. The summed E-state index contributed by atoms with van der Waals surface area (Å²) in [6.45, 7) is 4.66. The smallest absolute Gasteiger partial charge is 0.293 e. The molecule has 1 saturated heterocycles. The Morgan fingerprint density at radius 3 is 2.87 bits per heavy atom. The molecule has 1 unspecified atom stereocenters. The van der Waals surface area contributed by atoms with Crippen LogP contribution in [0, 0.1) is 11.3 Å². The number of nitriles is 1. The van der Waals surface area contributed by atoms with Crippen LogP contribution >= 0.6 is 0 Å². The van der Waals surface area contributed by atoms with Gasteiger partial charge in [0, 0.05) is 18.5 Å². The highest BCUT2D eigenvalue weighted by atomic mass is 16.6. The van der Waals surface area contributed by atoms with E-state index in [2.05, 4.69) is 6.07 Å². The third kappa shape index (κ3) is 2.52. The van der Waals surface area contributed by atoms with E-state index in [-0.39, 0.29) is 5.91 Å². The van der Waals surface area contributed by atoms with Gasteiger partial charge in [0.2, 0.25) is 5.91 Å². The highest BCUT2D eigenvalue weighted by molar-refractivity contribution is 5.79. The number of rotatable bonds is 3. The second-order valence-electron chi connectivity index (χ2n) is 6.36. The molecule has 2 atom stereocenters. The maximum absolute atomic E-state index is 12.3. The van der Waals surface area contributed by atoms with Crippen molar-refractivity contribution in [3.8, 4) is 11.8 Å². The zero-order chi connectivity index (χ0) is 16.6. The maximum Gasteiger partial charge on any atom is 0.293 e. The minimum Gasteiger partial charge on any atom is -0.484 e. The van der Waals surface area contributed by atoms with Crippen LogP contribution in [0.15, 0.2) is 18.2 Å². The number of carbonyl (C=O) groups is 2. The first-order valence-electron chi connectivity index (χ1n) is 7.59. The Bertz CT molecular complexity index is 692. The van der Waals surface area contributed by atoms with Crippen molar-refractivity contribution in [1.82, 2.24) is 4.90 Å². The van der Waals surface area contributed by atoms with Gasteiger partial charge in [0.05, 0.1) is 11.6 Å². The number of ether oxygens (including phenoxy) is 2. The molecule has 120 valence electrons. The maximum atomic E-state index is 12.3. The van der Waals surface area contributed by atoms with Crippen molar-refractivity contribution in [3.05, 3.63) is 29.3 Å². The molecule has 1 amide bonds. The summed E-state index contributed by atoms with van der Waals surface area (Å²) in [5.74, 6) is 0.643. The number of hydrogen-bond acceptors (Lipinski definition) is 5. The molecule has 6 heteroatoms. The molecule has 6 nitrogen and oxygen atoms in total. The summed E-state index contributed by atoms with van der Waals surface area (Å²) in [6.07, 6.45) is 0.625. The van der Waals surface area contributed by atoms with Crippen LogP contribution in [-0.2, 0) is 14.3 Å². The molecule has 1 fully saturated rings. The summed E-state index contributed by atoms with van der Waals surface area (Å²) in [4.78, 5) is 25.0. The molecule has 3 rings (SSSR count). The Kier molecular flexibility index (Phi) is 3.72. The van der Waals surface area contributed by atoms with Crippen LogP contribution in [-0.4, -0.2) is 35.5 Å². The summed E-state index contributed by atoms with van der Waals surface area (Å²) in [6, 6.07) is 6.78. The van der Waals surface area contributed by atoms with E-state index < -0.39 is 17.7 Å². The Labute approximate surface area is 134 Å². The fourth-order valence-corrected chi connectivity index (χ4v) is 3.42. The third-order valence-electron chi connectivity index (χ3n) is 4.45. The van der Waals surface area contributed by atoms with Gasteiger partial charge >= 0.3 is 0 Å². The number of amides is 1. The van der Waals surface area contributed by atoms with Gasteiger partial charge in [0.25, 0.3) is 6.47 Å². The van der Waals surface area contributed by atoms with E-state index in [1.165, 1.54) is 0 Å². The molecule has 2 aliphatic rings. The molecule has 2 aliphatic heterocycles. The van der Waals surface area contributed by atoms with Gasteiger partial charge in [0.1, 0.15) is 17.4 Å².